The maximum Gasteiger partial charge on any atom is 0.152 e. The van der Waals surface area contributed by atoms with Gasteiger partial charge in [-0.25, -0.2) is 4.68 Å². The van der Waals surface area contributed by atoms with Crippen molar-refractivity contribution in [2.45, 2.75) is 5.88 Å². The van der Waals surface area contributed by atoms with Crippen molar-refractivity contribution in [2.24, 2.45) is 0 Å². The highest BCUT2D eigenvalue weighted by atomic mass is 35.5. The molecule has 0 radical (unpaired) electrons. The fraction of sp³-hybridized carbons (Fsp3) is 0.100. The second-order valence-electron chi connectivity index (χ2n) is 2.95. The third kappa shape index (κ3) is 1.76. The van der Waals surface area contributed by atoms with Gasteiger partial charge in [0.2, 0.25) is 0 Å². The van der Waals surface area contributed by atoms with Gasteiger partial charge < -0.3 is 0 Å². The van der Waals surface area contributed by atoms with Crippen LogP contribution < -0.4 is 0 Å². The lowest BCUT2D eigenvalue weighted by Gasteiger charge is -2.05. The lowest BCUT2D eigenvalue weighted by Crippen LogP contribution is -2.04. The molecule has 0 aliphatic carbocycles. The highest BCUT2D eigenvalue weighted by molar-refractivity contribution is 6.16. The van der Waals surface area contributed by atoms with Gasteiger partial charge >= 0.3 is 0 Å². The molecule has 0 bridgehead atoms. The van der Waals surface area contributed by atoms with E-state index in [1.807, 2.05) is 6.07 Å². The van der Waals surface area contributed by atoms with E-state index in [9.17, 15) is 4.79 Å². The first kappa shape index (κ1) is 9.86. The fourth-order valence-electron chi connectivity index (χ4n) is 1.33. The van der Waals surface area contributed by atoms with Crippen molar-refractivity contribution in [1.29, 1.82) is 0 Å². The van der Waals surface area contributed by atoms with Crippen LogP contribution in [0.2, 0.25) is 0 Å². The number of carbonyl (C=O) groups excluding carboxylic acids is 1. The molecule has 76 valence electrons. The summed E-state index contributed by atoms with van der Waals surface area (Å²) in [6.45, 7) is 0. The third-order valence-corrected chi connectivity index (χ3v) is 2.32. The zero-order valence-corrected chi connectivity index (χ0v) is 8.55. The highest BCUT2D eigenvalue weighted by Gasteiger charge is 2.08. The van der Waals surface area contributed by atoms with Crippen LogP contribution in [0, 0.1) is 0 Å². The van der Waals surface area contributed by atoms with Crippen LogP contribution in [-0.2, 0) is 5.88 Å². The Kier molecular flexibility index (Phi) is 2.78. The van der Waals surface area contributed by atoms with E-state index in [0.717, 1.165) is 12.0 Å². The smallest absolute Gasteiger partial charge is 0.152 e. The summed E-state index contributed by atoms with van der Waals surface area (Å²) < 4.78 is 1.57. The number of aldehydes is 1. The minimum Gasteiger partial charge on any atom is -0.298 e. The summed E-state index contributed by atoms with van der Waals surface area (Å²) in [6, 6.07) is 7.16. The Bertz CT molecular complexity index is 481. The number of hydrogen-bond acceptors (Lipinski definition) is 3. The Morgan fingerprint density at radius 2 is 2.20 bits per heavy atom. The Balaban J connectivity index is 2.58. The molecule has 1 aromatic heterocycles. The molecule has 15 heavy (non-hydrogen) atoms. The monoisotopic (exact) mass is 221 g/mol. The number of benzene rings is 1. The van der Waals surface area contributed by atoms with Gasteiger partial charge in [-0.2, -0.15) is 0 Å². The minimum absolute atomic E-state index is 0.306. The van der Waals surface area contributed by atoms with Crippen molar-refractivity contribution in [3.63, 3.8) is 0 Å². The van der Waals surface area contributed by atoms with Crippen molar-refractivity contribution in [2.75, 3.05) is 0 Å². The molecule has 1 aromatic carbocycles. The molecule has 1 heterocycles. The van der Waals surface area contributed by atoms with Crippen LogP contribution in [0.25, 0.3) is 5.69 Å². The summed E-state index contributed by atoms with van der Waals surface area (Å²) in [4.78, 5) is 10.8. The van der Waals surface area contributed by atoms with Gasteiger partial charge in [-0.1, -0.05) is 17.3 Å². The molecule has 2 rings (SSSR count). The predicted molar refractivity (Wildman–Crippen MR) is 56.3 cm³/mol. The molecule has 0 unspecified atom stereocenters. The number of aromatic nitrogens is 3. The molecule has 0 atom stereocenters. The predicted octanol–water partition coefficient (Wildman–Crippen LogP) is 1.82. The number of para-hydroxylation sites is 1. The molecule has 0 fully saturated rings. The van der Waals surface area contributed by atoms with E-state index in [4.69, 9.17) is 11.6 Å². The van der Waals surface area contributed by atoms with E-state index in [0.29, 0.717) is 17.1 Å². The molecule has 0 saturated carbocycles. The summed E-state index contributed by atoms with van der Waals surface area (Å²) in [5, 5.41) is 7.65. The van der Waals surface area contributed by atoms with E-state index in [-0.39, 0.29) is 0 Å². The average molecular weight is 222 g/mol. The maximum atomic E-state index is 10.8. The molecule has 0 spiro atoms. The lowest BCUT2D eigenvalue weighted by molar-refractivity contribution is 0.112. The van der Waals surface area contributed by atoms with Gasteiger partial charge in [-0.3, -0.25) is 4.79 Å². The Labute approximate surface area is 91.5 Å². The molecule has 2 aromatic rings. The van der Waals surface area contributed by atoms with Crippen molar-refractivity contribution in [3.05, 3.63) is 41.7 Å². The topological polar surface area (TPSA) is 47.8 Å². The summed E-state index contributed by atoms with van der Waals surface area (Å²) in [7, 11) is 0. The molecule has 0 aliphatic rings. The largest absolute Gasteiger partial charge is 0.298 e. The first-order chi connectivity index (χ1) is 7.36. The van der Waals surface area contributed by atoms with Crippen LogP contribution >= 0.6 is 11.6 Å². The summed E-state index contributed by atoms with van der Waals surface area (Å²) in [6.07, 6.45) is 2.36. The van der Waals surface area contributed by atoms with Crippen LogP contribution in [0.5, 0.6) is 0 Å². The lowest BCUT2D eigenvalue weighted by atomic mass is 10.2. The van der Waals surface area contributed by atoms with Crippen LogP contribution in [0.4, 0.5) is 0 Å². The number of carbonyl (C=O) groups is 1. The molecular formula is C10H8ClN3O. The quantitative estimate of drug-likeness (QED) is 0.587. The van der Waals surface area contributed by atoms with E-state index >= 15 is 0 Å². The number of rotatable bonds is 3. The van der Waals surface area contributed by atoms with Gasteiger partial charge in [0, 0.05) is 5.56 Å². The molecule has 0 saturated heterocycles. The van der Waals surface area contributed by atoms with E-state index < -0.39 is 0 Å². The van der Waals surface area contributed by atoms with Gasteiger partial charge in [0.15, 0.2) is 6.29 Å². The fourth-order valence-corrected chi connectivity index (χ4v) is 1.51. The van der Waals surface area contributed by atoms with Crippen molar-refractivity contribution >= 4 is 17.9 Å². The zero-order valence-electron chi connectivity index (χ0n) is 7.80. The summed E-state index contributed by atoms with van der Waals surface area (Å²) >= 11 is 5.73. The molecular weight excluding hydrogens is 214 g/mol. The van der Waals surface area contributed by atoms with E-state index in [2.05, 4.69) is 10.3 Å². The normalized spacial score (nSPS) is 10.2. The second-order valence-corrected chi connectivity index (χ2v) is 3.21. The van der Waals surface area contributed by atoms with E-state index in [1.165, 1.54) is 0 Å². The Morgan fingerprint density at radius 3 is 2.93 bits per heavy atom. The van der Waals surface area contributed by atoms with E-state index in [1.54, 1.807) is 29.1 Å². The molecule has 0 N–H and O–H groups in total. The van der Waals surface area contributed by atoms with Crippen LogP contribution in [0.3, 0.4) is 0 Å². The van der Waals surface area contributed by atoms with Gasteiger partial charge in [0.25, 0.3) is 0 Å². The first-order valence-electron chi connectivity index (χ1n) is 4.37. The summed E-state index contributed by atoms with van der Waals surface area (Å²) in [5.74, 6) is 0.306. The maximum absolute atomic E-state index is 10.8. The summed E-state index contributed by atoms with van der Waals surface area (Å²) in [5.41, 5.74) is 2.01. The second kappa shape index (κ2) is 4.23. The SMILES string of the molecule is O=Cc1ccccc1-n1nncc1CCl. The van der Waals surface area contributed by atoms with Gasteiger partial charge in [-0.05, 0) is 12.1 Å². The number of nitrogens with zero attached hydrogens (tertiary/aromatic N) is 3. The molecule has 5 heteroatoms. The Morgan fingerprint density at radius 1 is 1.40 bits per heavy atom. The van der Waals surface area contributed by atoms with Crippen molar-refractivity contribution in [3.8, 4) is 5.69 Å². The van der Waals surface area contributed by atoms with Crippen LogP contribution in [-0.4, -0.2) is 21.3 Å². The minimum atomic E-state index is 0.306. The third-order valence-electron chi connectivity index (χ3n) is 2.05. The Hall–Kier alpha value is -1.68. The van der Waals surface area contributed by atoms with Gasteiger partial charge in [0.05, 0.1) is 23.5 Å². The number of alkyl halides is 1. The van der Waals surface area contributed by atoms with Gasteiger partial charge in [-0.15, -0.1) is 16.7 Å². The number of halogens is 1. The standard InChI is InChI=1S/C10H8ClN3O/c11-5-9-6-12-13-14(9)10-4-2-1-3-8(10)7-15/h1-4,6-7H,5H2. The van der Waals surface area contributed by atoms with Crippen molar-refractivity contribution in [1.82, 2.24) is 15.0 Å². The zero-order chi connectivity index (χ0) is 10.7. The van der Waals surface area contributed by atoms with Crippen LogP contribution in [0.15, 0.2) is 30.5 Å². The molecule has 0 aliphatic heterocycles. The molecule has 0 amide bonds. The van der Waals surface area contributed by atoms with Crippen LogP contribution in [0.1, 0.15) is 16.1 Å². The van der Waals surface area contributed by atoms with Gasteiger partial charge in [0.1, 0.15) is 0 Å². The van der Waals surface area contributed by atoms with Crippen molar-refractivity contribution < 1.29 is 4.79 Å². The highest BCUT2D eigenvalue weighted by Crippen LogP contribution is 2.14. The molecule has 4 nitrogen and oxygen atoms in total. The first-order valence-corrected chi connectivity index (χ1v) is 4.90. The average Bonchev–Trinajstić information content (AvgIpc) is 2.76. The number of hydrogen-bond donors (Lipinski definition) is 0.